The van der Waals surface area contributed by atoms with E-state index < -0.39 is 40.8 Å². The smallest absolute Gasteiger partial charge is 0.417 e. The number of anilines is 1. The number of alkyl halides is 3. The number of halogens is 4. The fourth-order valence-corrected chi connectivity index (χ4v) is 3.55. The molecule has 1 heterocycles. The average molecular weight is 495 g/mol. The summed E-state index contributed by atoms with van der Waals surface area (Å²) in [6.45, 7) is -0.652. The lowest BCUT2D eigenvalue weighted by molar-refractivity contribution is -0.140. The lowest BCUT2D eigenvalue weighted by Crippen LogP contribution is -2.34. The van der Waals surface area contributed by atoms with Crippen molar-refractivity contribution < 1.29 is 32.7 Å². The first-order valence-corrected chi connectivity index (χ1v) is 10.0. The van der Waals surface area contributed by atoms with Crippen molar-refractivity contribution in [2.75, 3.05) is 11.9 Å². The SMILES string of the molecule is CN(/C=C(/C(=O)O)C(=O)N(C=O)Cc1cccc(C(F)(F)F)c1Cl)c1ccc2c(cnn2C)c1. The summed E-state index contributed by atoms with van der Waals surface area (Å²) in [5.41, 5.74) is -0.711. The van der Waals surface area contributed by atoms with Crippen molar-refractivity contribution in [1.29, 1.82) is 0 Å². The maximum atomic E-state index is 13.1. The van der Waals surface area contributed by atoms with Crippen LogP contribution < -0.4 is 4.90 Å². The minimum absolute atomic E-state index is 0.0391. The number of nitrogens with zero attached hydrogens (tertiary/aromatic N) is 4. The summed E-state index contributed by atoms with van der Waals surface area (Å²) < 4.78 is 41.0. The maximum Gasteiger partial charge on any atom is 0.417 e. The number of imide groups is 1. The van der Waals surface area contributed by atoms with Crippen molar-refractivity contribution in [2.24, 2.45) is 7.05 Å². The van der Waals surface area contributed by atoms with Gasteiger partial charge in [-0.2, -0.15) is 18.3 Å². The van der Waals surface area contributed by atoms with Crippen LogP contribution in [0.3, 0.4) is 0 Å². The Morgan fingerprint density at radius 2 is 1.94 bits per heavy atom. The second-order valence-corrected chi connectivity index (χ2v) is 7.66. The highest BCUT2D eigenvalue weighted by Gasteiger charge is 2.34. The highest BCUT2D eigenvalue weighted by Crippen LogP contribution is 2.36. The molecule has 0 aliphatic carbocycles. The lowest BCUT2D eigenvalue weighted by atomic mass is 10.1. The van der Waals surface area contributed by atoms with Crippen LogP contribution in [0.4, 0.5) is 18.9 Å². The molecular formula is C22H18ClF3N4O4. The van der Waals surface area contributed by atoms with Gasteiger partial charge in [-0.3, -0.25) is 19.2 Å². The zero-order valence-corrected chi connectivity index (χ0v) is 18.6. The molecule has 0 saturated heterocycles. The molecule has 0 spiro atoms. The Balaban J connectivity index is 1.91. The molecule has 0 aliphatic heterocycles. The van der Waals surface area contributed by atoms with Gasteiger partial charge in [-0.05, 0) is 29.8 Å². The van der Waals surface area contributed by atoms with Crippen LogP contribution in [0, 0.1) is 0 Å². The fourth-order valence-electron chi connectivity index (χ4n) is 3.26. The summed E-state index contributed by atoms with van der Waals surface area (Å²) in [6.07, 6.45) is -2.07. The molecule has 0 aliphatic rings. The number of fused-ring (bicyclic) bond motifs is 1. The summed E-state index contributed by atoms with van der Waals surface area (Å²) >= 11 is 5.84. The van der Waals surface area contributed by atoms with Crippen LogP contribution in [-0.2, 0) is 34.2 Å². The van der Waals surface area contributed by atoms with E-state index in [0.717, 1.165) is 29.2 Å². The summed E-state index contributed by atoms with van der Waals surface area (Å²) in [7, 11) is 3.26. The molecule has 8 nitrogen and oxygen atoms in total. The second kappa shape index (κ2) is 9.56. The van der Waals surface area contributed by atoms with Crippen LogP contribution in [0.5, 0.6) is 0 Å². The number of carboxylic acid groups (broad SMARTS) is 1. The number of aryl methyl sites for hydroxylation is 1. The first kappa shape index (κ1) is 24.8. The maximum absolute atomic E-state index is 13.1. The molecule has 2 aromatic carbocycles. The Labute approximate surface area is 196 Å². The van der Waals surface area contributed by atoms with Crippen molar-refractivity contribution in [2.45, 2.75) is 12.7 Å². The van der Waals surface area contributed by atoms with E-state index in [4.69, 9.17) is 11.6 Å². The Kier molecular flexibility index (Phi) is 6.96. The normalized spacial score (nSPS) is 12.0. The van der Waals surface area contributed by atoms with Gasteiger partial charge in [-0.15, -0.1) is 0 Å². The summed E-state index contributed by atoms with van der Waals surface area (Å²) in [5, 5.41) is 13.8. The molecule has 12 heteroatoms. The molecular weight excluding hydrogens is 477 g/mol. The molecule has 1 N–H and O–H groups in total. The Bertz CT molecular complexity index is 1300. The molecule has 0 radical (unpaired) electrons. The van der Waals surface area contributed by atoms with Crippen molar-refractivity contribution in [1.82, 2.24) is 14.7 Å². The van der Waals surface area contributed by atoms with Crippen LogP contribution in [0.15, 0.2) is 54.4 Å². The van der Waals surface area contributed by atoms with Gasteiger partial charge in [0, 0.05) is 31.4 Å². The minimum Gasteiger partial charge on any atom is -0.477 e. The molecule has 0 saturated carbocycles. The first-order valence-electron chi connectivity index (χ1n) is 9.64. The monoisotopic (exact) mass is 494 g/mol. The third-order valence-electron chi connectivity index (χ3n) is 5.03. The topological polar surface area (TPSA) is 95.7 Å². The van der Waals surface area contributed by atoms with E-state index in [1.54, 1.807) is 36.1 Å². The summed E-state index contributed by atoms with van der Waals surface area (Å²) in [6, 6.07) is 8.22. The number of aromatic nitrogens is 2. The number of amides is 2. The van der Waals surface area contributed by atoms with E-state index >= 15 is 0 Å². The van der Waals surface area contributed by atoms with Crippen molar-refractivity contribution in [3.63, 3.8) is 0 Å². The van der Waals surface area contributed by atoms with Gasteiger partial charge >= 0.3 is 12.1 Å². The molecule has 0 fully saturated rings. The Morgan fingerprint density at radius 3 is 2.56 bits per heavy atom. The molecule has 178 valence electrons. The third kappa shape index (κ3) is 5.04. The number of carbonyl (C=O) groups is 3. The van der Waals surface area contributed by atoms with E-state index in [0.29, 0.717) is 10.6 Å². The van der Waals surface area contributed by atoms with E-state index in [1.807, 2.05) is 0 Å². The second-order valence-electron chi connectivity index (χ2n) is 7.29. The molecule has 3 rings (SSSR count). The number of benzene rings is 2. The number of aliphatic carboxylic acids is 1. The van der Waals surface area contributed by atoms with Crippen LogP contribution in [0.25, 0.3) is 10.9 Å². The Hall–Kier alpha value is -3.86. The van der Waals surface area contributed by atoms with Gasteiger partial charge in [-0.1, -0.05) is 23.7 Å². The number of hydrogen-bond donors (Lipinski definition) is 1. The third-order valence-corrected chi connectivity index (χ3v) is 5.48. The molecule has 0 bridgehead atoms. The lowest BCUT2D eigenvalue weighted by Gasteiger charge is -2.20. The van der Waals surface area contributed by atoms with E-state index in [-0.39, 0.29) is 12.0 Å². The molecule has 34 heavy (non-hydrogen) atoms. The molecule has 0 unspecified atom stereocenters. The van der Waals surface area contributed by atoms with E-state index in [9.17, 15) is 32.7 Å². The predicted molar refractivity (Wildman–Crippen MR) is 118 cm³/mol. The van der Waals surface area contributed by atoms with Crippen molar-refractivity contribution in [3.05, 3.63) is 70.5 Å². The quantitative estimate of drug-likeness (QED) is 0.232. The van der Waals surface area contributed by atoms with Crippen molar-refractivity contribution >= 4 is 46.5 Å². The summed E-state index contributed by atoms with van der Waals surface area (Å²) in [5.74, 6) is -2.84. The largest absolute Gasteiger partial charge is 0.477 e. The molecule has 0 atom stereocenters. The van der Waals surface area contributed by atoms with Gasteiger partial charge in [-0.25, -0.2) is 4.79 Å². The van der Waals surface area contributed by atoms with Gasteiger partial charge in [0.2, 0.25) is 6.41 Å². The van der Waals surface area contributed by atoms with Crippen LogP contribution in [0.1, 0.15) is 11.1 Å². The van der Waals surface area contributed by atoms with Gasteiger partial charge in [0.1, 0.15) is 5.57 Å². The predicted octanol–water partition coefficient (Wildman–Crippen LogP) is 3.84. The summed E-state index contributed by atoms with van der Waals surface area (Å²) in [4.78, 5) is 38.0. The van der Waals surface area contributed by atoms with E-state index in [2.05, 4.69) is 5.10 Å². The number of rotatable bonds is 7. The zero-order valence-electron chi connectivity index (χ0n) is 17.9. The van der Waals surface area contributed by atoms with Gasteiger partial charge < -0.3 is 10.0 Å². The van der Waals surface area contributed by atoms with Crippen LogP contribution in [-0.4, -0.2) is 45.1 Å². The molecule has 3 aromatic rings. The molecule has 2 amide bonds. The average Bonchev–Trinajstić information content (AvgIpc) is 3.15. The van der Waals surface area contributed by atoms with Gasteiger partial charge in [0.25, 0.3) is 5.91 Å². The fraction of sp³-hybridized carbons (Fsp3) is 0.182. The van der Waals surface area contributed by atoms with Crippen LogP contribution >= 0.6 is 11.6 Å². The highest BCUT2D eigenvalue weighted by molar-refractivity contribution is 6.32. The number of carbonyl (C=O) groups excluding carboxylic acids is 2. The standard InChI is InChI=1S/C22H18ClF3N4O4/c1-28(15-6-7-18-14(8-15)9-27-29(18)2)11-16(21(33)34)20(32)30(12-31)10-13-4-3-5-17(19(13)23)22(24,25)26/h3-9,11-12H,10H2,1-2H3,(H,33,34)/b16-11+. The highest BCUT2D eigenvalue weighted by atomic mass is 35.5. The van der Waals surface area contributed by atoms with Gasteiger partial charge in [0.05, 0.1) is 28.8 Å². The minimum atomic E-state index is -4.74. The first-order chi connectivity index (χ1) is 15.9. The molecule has 1 aromatic heterocycles. The van der Waals surface area contributed by atoms with Crippen molar-refractivity contribution in [3.8, 4) is 0 Å². The number of hydrogen-bond acceptors (Lipinski definition) is 5. The van der Waals surface area contributed by atoms with E-state index in [1.165, 1.54) is 18.0 Å². The van der Waals surface area contributed by atoms with Crippen LogP contribution in [0.2, 0.25) is 5.02 Å². The Morgan fingerprint density at radius 1 is 1.24 bits per heavy atom. The van der Waals surface area contributed by atoms with Gasteiger partial charge in [0.15, 0.2) is 0 Å². The number of carboxylic acids is 1. The zero-order chi connectivity index (χ0) is 25.2.